The number of nitrogens with one attached hydrogen (secondary N) is 1. The lowest BCUT2D eigenvalue weighted by atomic mass is 10.0. The fourth-order valence-corrected chi connectivity index (χ4v) is 4.87. The summed E-state index contributed by atoms with van der Waals surface area (Å²) < 4.78 is 11.9. The summed E-state index contributed by atoms with van der Waals surface area (Å²) in [7, 11) is 3.52. The van der Waals surface area contributed by atoms with Crippen LogP contribution in [0.4, 0.5) is 5.69 Å². The molecule has 0 aromatic heterocycles. The summed E-state index contributed by atoms with van der Waals surface area (Å²) in [5.41, 5.74) is 2.37. The molecule has 2 fully saturated rings. The molecular formula is C26H35N3O3. The van der Waals surface area contributed by atoms with Gasteiger partial charge in [0.15, 0.2) is 11.5 Å². The molecule has 32 heavy (non-hydrogen) atoms. The largest absolute Gasteiger partial charge is 0.493 e. The van der Waals surface area contributed by atoms with Gasteiger partial charge in [-0.25, -0.2) is 0 Å². The Kier molecular flexibility index (Phi) is 7.53. The Morgan fingerprint density at radius 1 is 1.06 bits per heavy atom. The Hall–Kier alpha value is -2.73. The monoisotopic (exact) mass is 437 g/mol. The minimum atomic E-state index is 0.119. The number of hydrogen-bond acceptors (Lipinski definition) is 5. The maximum absolute atomic E-state index is 12.8. The Balaban J connectivity index is 1.53. The molecule has 0 radical (unpaired) electrons. The van der Waals surface area contributed by atoms with Crippen LogP contribution in [0.15, 0.2) is 48.5 Å². The summed E-state index contributed by atoms with van der Waals surface area (Å²) in [6, 6.07) is 16.8. The minimum absolute atomic E-state index is 0.119. The normalized spacial score (nSPS) is 19.2. The summed E-state index contributed by atoms with van der Waals surface area (Å²) >= 11 is 0. The highest BCUT2D eigenvalue weighted by molar-refractivity contribution is 5.79. The van der Waals surface area contributed by atoms with E-state index < -0.39 is 0 Å². The van der Waals surface area contributed by atoms with Crippen LogP contribution in [0.1, 0.15) is 31.2 Å². The first-order valence-corrected chi connectivity index (χ1v) is 11.8. The van der Waals surface area contributed by atoms with E-state index in [4.69, 9.17) is 9.47 Å². The molecule has 1 saturated heterocycles. The van der Waals surface area contributed by atoms with Crippen molar-refractivity contribution in [3.8, 4) is 11.5 Å². The maximum Gasteiger partial charge on any atom is 0.236 e. The van der Waals surface area contributed by atoms with Crippen LogP contribution in [0.25, 0.3) is 0 Å². The zero-order valence-corrected chi connectivity index (χ0v) is 19.3. The van der Waals surface area contributed by atoms with Gasteiger partial charge in [-0.3, -0.25) is 4.79 Å². The van der Waals surface area contributed by atoms with Crippen LogP contribution in [0, 0.1) is 0 Å². The third kappa shape index (κ3) is 5.36. The molecule has 6 heteroatoms. The zero-order valence-electron chi connectivity index (χ0n) is 19.3. The van der Waals surface area contributed by atoms with Crippen molar-refractivity contribution in [3.63, 3.8) is 0 Å². The van der Waals surface area contributed by atoms with Crippen molar-refractivity contribution in [2.24, 2.45) is 0 Å². The van der Waals surface area contributed by atoms with Gasteiger partial charge >= 0.3 is 0 Å². The highest BCUT2D eigenvalue weighted by Crippen LogP contribution is 2.35. The number of carbonyl (C=O) groups excluding carboxylic acids is 1. The number of likely N-dealkylation sites (N-methyl/N-ethyl adjacent to an activating group) is 1. The number of piperazine rings is 1. The fourth-order valence-electron chi connectivity index (χ4n) is 4.87. The van der Waals surface area contributed by atoms with E-state index in [-0.39, 0.29) is 18.1 Å². The lowest BCUT2D eigenvalue weighted by Crippen LogP contribution is -2.57. The number of anilines is 1. The second-order valence-corrected chi connectivity index (χ2v) is 8.77. The molecule has 0 bridgehead atoms. The average Bonchev–Trinajstić information content (AvgIpc) is 3.33. The van der Waals surface area contributed by atoms with Crippen molar-refractivity contribution in [1.82, 2.24) is 10.2 Å². The van der Waals surface area contributed by atoms with Gasteiger partial charge in [0.25, 0.3) is 0 Å². The van der Waals surface area contributed by atoms with Gasteiger partial charge in [0, 0.05) is 31.4 Å². The molecule has 2 aromatic carbocycles. The van der Waals surface area contributed by atoms with Gasteiger partial charge in [0.05, 0.1) is 25.8 Å². The molecule has 1 saturated carbocycles. The third-order valence-corrected chi connectivity index (χ3v) is 6.55. The van der Waals surface area contributed by atoms with Crippen LogP contribution in [0.5, 0.6) is 11.5 Å². The molecule has 4 rings (SSSR count). The molecule has 1 atom stereocenters. The number of methoxy groups -OCH3 is 1. The summed E-state index contributed by atoms with van der Waals surface area (Å²) in [4.78, 5) is 17.2. The molecule has 1 aliphatic carbocycles. The smallest absolute Gasteiger partial charge is 0.236 e. The van der Waals surface area contributed by atoms with E-state index in [0.29, 0.717) is 13.1 Å². The molecule has 2 aromatic rings. The first-order valence-electron chi connectivity index (χ1n) is 11.8. The molecule has 0 unspecified atom stereocenters. The number of rotatable bonds is 8. The average molecular weight is 438 g/mol. The number of amides is 1. The lowest BCUT2D eigenvalue weighted by Gasteiger charge is -2.43. The highest BCUT2D eigenvalue weighted by Gasteiger charge is 2.31. The summed E-state index contributed by atoms with van der Waals surface area (Å²) in [6.45, 7) is 2.67. The summed E-state index contributed by atoms with van der Waals surface area (Å²) in [5.74, 6) is 1.77. The van der Waals surface area contributed by atoms with E-state index in [1.807, 2.05) is 24.1 Å². The minimum Gasteiger partial charge on any atom is -0.493 e. The predicted molar refractivity (Wildman–Crippen MR) is 128 cm³/mol. The van der Waals surface area contributed by atoms with Gasteiger partial charge in [-0.1, -0.05) is 30.3 Å². The van der Waals surface area contributed by atoms with Gasteiger partial charge in [-0.15, -0.1) is 0 Å². The Bertz CT molecular complexity index is 883. The molecule has 1 amide bonds. The molecule has 0 spiro atoms. The number of hydrogen-bond donors (Lipinski definition) is 1. The van der Waals surface area contributed by atoms with Crippen LogP contribution < -0.4 is 19.7 Å². The van der Waals surface area contributed by atoms with Crippen LogP contribution >= 0.6 is 0 Å². The Morgan fingerprint density at radius 3 is 2.56 bits per heavy atom. The van der Waals surface area contributed by atoms with E-state index >= 15 is 0 Å². The van der Waals surface area contributed by atoms with Crippen LogP contribution in [0.3, 0.4) is 0 Å². The number of nitrogens with zero attached hydrogens (tertiary/aromatic N) is 2. The highest BCUT2D eigenvalue weighted by atomic mass is 16.5. The van der Waals surface area contributed by atoms with Crippen molar-refractivity contribution in [2.75, 3.05) is 45.2 Å². The van der Waals surface area contributed by atoms with Gasteiger partial charge < -0.3 is 24.6 Å². The topological polar surface area (TPSA) is 54.0 Å². The van der Waals surface area contributed by atoms with Crippen molar-refractivity contribution in [2.45, 2.75) is 44.2 Å². The number of carbonyl (C=O) groups is 1. The summed E-state index contributed by atoms with van der Waals surface area (Å²) in [5, 5.41) is 3.01. The van der Waals surface area contributed by atoms with E-state index in [1.54, 1.807) is 7.11 Å². The van der Waals surface area contributed by atoms with E-state index in [1.165, 1.54) is 18.4 Å². The standard InChI is InChI=1S/C26H35N3O3/c1-27-18-26(30)29-15-14-28(19-22(29)16-20-8-4-3-5-9-20)21-12-13-24(31-2)25(17-21)32-23-10-6-7-11-23/h3-5,8-9,12-13,17,22-23,27H,6-7,10-11,14-16,18-19H2,1-2H3/t22-/m0/s1. The van der Waals surface area contributed by atoms with Crippen LogP contribution in [0.2, 0.25) is 0 Å². The van der Waals surface area contributed by atoms with Gasteiger partial charge in [-0.2, -0.15) is 0 Å². The Morgan fingerprint density at radius 2 is 1.84 bits per heavy atom. The molecule has 1 N–H and O–H groups in total. The van der Waals surface area contributed by atoms with Gasteiger partial charge in [0.1, 0.15) is 0 Å². The van der Waals surface area contributed by atoms with E-state index in [0.717, 1.165) is 49.5 Å². The molecule has 2 aliphatic rings. The van der Waals surface area contributed by atoms with E-state index in [9.17, 15) is 4.79 Å². The fraction of sp³-hybridized carbons (Fsp3) is 0.500. The molecule has 1 heterocycles. The first kappa shape index (κ1) is 22.5. The first-order chi connectivity index (χ1) is 15.7. The third-order valence-electron chi connectivity index (χ3n) is 6.55. The SMILES string of the molecule is CNCC(=O)N1CCN(c2ccc(OC)c(OC3CCCC3)c2)C[C@@H]1Cc1ccccc1. The predicted octanol–water partition coefficient (Wildman–Crippen LogP) is 3.50. The molecule has 172 valence electrons. The second kappa shape index (κ2) is 10.7. The second-order valence-electron chi connectivity index (χ2n) is 8.77. The van der Waals surface area contributed by atoms with Gasteiger partial charge in [0.2, 0.25) is 5.91 Å². The lowest BCUT2D eigenvalue weighted by molar-refractivity contribution is -0.132. The van der Waals surface area contributed by atoms with Crippen molar-refractivity contribution in [1.29, 1.82) is 0 Å². The van der Waals surface area contributed by atoms with Crippen molar-refractivity contribution >= 4 is 11.6 Å². The molecular weight excluding hydrogens is 402 g/mol. The Labute approximate surface area is 191 Å². The number of benzene rings is 2. The van der Waals surface area contributed by atoms with Crippen molar-refractivity contribution < 1.29 is 14.3 Å². The number of ether oxygens (including phenoxy) is 2. The maximum atomic E-state index is 12.8. The van der Waals surface area contributed by atoms with Crippen LogP contribution in [-0.4, -0.2) is 63.3 Å². The molecule has 6 nitrogen and oxygen atoms in total. The van der Waals surface area contributed by atoms with E-state index in [2.05, 4.69) is 46.6 Å². The van der Waals surface area contributed by atoms with Crippen LogP contribution in [-0.2, 0) is 11.2 Å². The van der Waals surface area contributed by atoms with Crippen molar-refractivity contribution in [3.05, 3.63) is 54.1 Å². The zero-order chi connectivity index (χ0) is 22.3. The summed E-state index contributed by atoms with van der Waals surface area (Å²) in [6.07, 6.45) is 5.81. The quantitative estimate of drug-likeness (QED) is 0.685. The van der Waals surface area contributed by atoms with Gasteiger partial charge in [-0.05, 0) is 56.8 Å². The molecule has 1 aliphatic heterocycles.